The number of anilines is 1. The van der Waals surface area contributed by atoms with Gasteiger partial charge in [-0.05, 0) is 74.1 Å². The second-order valence-corrected chi connectivity index (χ2v) is 13.6. The molecule has 2 aliphatic heterocycles. The zero-order valence-corrected chi connectivity index (χ0v) is 26.1. The van der Waals surface area contributed by atoms with E-state index in [9.17, 15) is 0 Å². The van der Waals surface area contributed by atoms with E-state index in [1.165, 1.54) is 61.3 Å². The third-order valence-corrected chi connectivity index (χ3v) is 10.4. The minimum atomic E-state index is -0.0272. The Morgan fingerprint density at radius 3 is 2.17 bits per heavy atom. The van der Waals surface area contributed by atoms with Crippen LogP contribution in [-0.4, -0.2) is 24.4 Å². The van der Waals surface area contributed by atoms with Crippen LogP contribution in [0.2, 0.25) is 0 Å². The molecule has 0 aromatic heterocycles. The SMILES string of the molecule is CN1C(=C/C=C2\CCCC(C=CC3=[N+](C)c4ccccc4C3(C)C)=C2Sc2ccccc2)C(C)(C)c2ccccc21. The molecule has 0 radical (unpaired) electrons. The Kier molecular flexibility index (Phi) is 7.20. The molecule has 1 aliphatic carbocycles. The van der Waals surface area contributed by atoms with Crippen molar-refractivity contribution >= 4 is 28.8 Å². The summed E-state index contributed by atoms with van der Waals surface area (Å²) in [4.78, 5) is 5.07. The summed E-state index contributed by atoms with van der Waals surface area (Å²) in [5.74, 6) is 0. The fourth-order valence-corrected chi connectivity index (χ4v) is 8.05. The number of nitrogens with zero attached hydrogens (tertiary/aromatic N) is 2. The van der Waals surface area contributed by atoms with Crippen LogP contribution in [0, 0.1) is 0 Å². The smallest absolute Gasteiger partial charge is 0.209 e. The predicted octanol–water partition coefficient (Wildman–Crippen LogP) is 9.72. The van der Waals surface area contributed by atoms with Crippen LogP contribution in [0.5, 0.6) is 0 Å². The van der Waals surface area contributed by atoms with Crippen molar-refractivity contribution in [2.75, 3.05) is 19.0 Å². The number of thioether (sulfide) groups is 1. The number of benzene rings is 3. The van der Waals surface area contributed by atoms with E-state index in [0.717, 1.165) is 12.8 Å². The van der Waals surface area contributed by atoms with E-state index in [-0.39, 0.29) is 10.8 Å². The molecule has 0 bridgehead atoms. The van der Waals surface area contributed by atoms with Gasteiger partial charge in [0.1, 0.15) is 7.05 Å². The van der Waals surface area contributed by atoms with Crippen LogP contribution in [0.25, 0.3) is 0 Å². The highest BCUT2D eigenvalue weighted by Crippen LogP contribution is 2.47. The Morgan fingerprint density at radius 1 is 0.756 bits per heavy atom. The van der Waals surface area contributed by atoms with Crippen LogP contribution in [-0.2, 0) is 10.8 Å². The molecule has 6 rings (SSSR count). The first-order valence-corrected chi connectivity index (χ1v) is 15.6. The Labute approximate surface area is 250 Å². The lowest BCUT2D eigenvalue weighted by Crippen LogP contribution is -2.26. The molecule has 3 aromatic carbocycles. The molecule has 3 aliphatic rings. The van der Waals surface area contributed by atoms with E-state index in [1.54, 1.807) is 0 Å². The highest BCUT2D eigenvalue weighted by Gasteiger charge is 2.42. The maximum Gasteiger partial charge on any atom is 0.209 e. The van der Waals surface area contributed by atoms with Crippen molar-refractivity contribution in [3.05, 3.63) is 136 Å². The third kappa shape index (κ3) is 4.85. The predicted molar refractivity (Wildman–Crippen MR) is 177 cm³/mol. The topological polar surface area (TPSA) is 6.25 Å². The van der Waals surface area contributed by atoms with Crippen LogP contribution in [0.3, 0.4) is 0 Å². The van der Waals surface area contributed by atoms with Gasteiger partial charge >= 0.3 is 0 Å². The van der Waals surface area contributed by atoms with Gasteiger partial charge < -0.3 is 4.90 Å². The number of likely N-dealkylation sites (N-methyl/N-ethyl adjacent to an activating group) is 1. The number of hydrogen-bond acceptors (Lipinski definition) is 2. The monoisotopic (exact) mass is 557 g/mol. The lowest BCUT2D eigenvalue weighted by molar-refractivity contribution is -0.401. The highest BCUT2D eigenvalue weighted by molar-refractivity contribution is 8.03. The summed E-state index contributed by atoms with van der Waals surface area (Å²) >= 11 is 1.92. The summed E-state index contributed by atoms with van der Waals surface area (Å²) in [7, 11) is 4.41. The van der Waals surface area contributed by atoms with E-state index in [4.69, 9.17) is 0 Å². The summed E-state index contributed by atoms with van der Waals surface area (Å²) in [5.41, 5.74) is 10.9. The maximum atomic E-state index is 2.41. The molecule has 0 atom stereocenters. The lowest BCUT2D eigenvalue weighted by Gasteiger charge is -2.25. The molecule has 0 fully saturated rings. The summed E-state index contributed by atoms with van der Waals surface area (Å²) in [5, 5.41) is 0. The van der Waals surface area contributed by atoms with Crippen molar-refractivity contribution in [2.45, 2.75) is 62.7 Å². The average molecular weight is 558 g/mol. The van der Waals surface area contributed by atoms with Gasteiger partial charge in [-0.2, -0.15) is 4.58 Å². The van der Waals surface area contributed by atoms with Crippen molar-refractivity contribution in [2.24, 2.45) is 0 Å². The minimum Gasteiger partial charge on any atom is -0.347 e. The van der Waals surface area contributed by atoms with Crippen LogP contribution in [0.4, 0.5) is 11.4 Å². The summed E-state index contributed by atoms with van der Waals surface area (Å²) in [6, 6.07) is 28.5. The van der Waals surface area contributed by atoms with Gasteiger partial charge in [0.25, 0.3) is 0 Å². The van der Waals surface area contributed by atoms with Gasteiger partial charge in [-0.3, -0.25) is 0 Å². The van der Waals surface area contributed by atoms with Gasteiger partial charge in [0.2, 0.25) is 5.69 Å². The van der Waals surface area contributed by atoms with Gasteiger partial charge in [-0.15, -0.1) is 0 Å². The quantitative estimate of drug-likeness (QED) is 0.288. The Bertz CT molecular complexity index is 1650. The molecule has 0 amide bonds. The van der Waals surface area contributed by atoms with E-state index in [0.29, 0.717) is 0 Å². The summed E-state index contributed by atoms with van der Waals surface area (Å²) in [6.45, 7) is 9.39. The highest BCUT2D eigenvalue weighted by atomic mass is 32.2. The van der Waals surface area contributed by atoms with Crippen molar-refractivity contribution < 1.29 is 4.58 Å². The van der Waals surface area contributed by atoms with E-state index >= 15 is 0 Å². The number of hydrogen-bond donors (Lipinski definition) is 0. The van der Waals surface area contributed by atoms with Gasteiger partial charge in [0.05, 0.1) is 5.41 Å². The molecule has 2 heterocycles. The van der Waals surface area contributed by atoms with Crippen LogP contribution in [0.1, 0.15) is 58.1 Å². The summed E-state index contributed by atoms with van der Waals surface area (Å²) < 4.78 is 2.37. The van der Waals surface area contributed by atoms with Crippen molar-refractivity contribution in [3.63, 3.8) is 0 Å². The molecule has 0 unspecified atom stereocenters. The van der Waals surface area contributed by atoms with Gasteiger partial charge in [0.15, 0.2) is 5.71 Å². The van der Waals surface area contributed by atoms with Crippen LogP contribution in [0.15, 0.2) is 130 Å². The first kappa shape index (κ1) is 27.6. The Hall–Kier alpha value is -3.56. The molecule has 3 heteroatoms. The van der Waals surface area contributed by atoms with Crippen LogP contribution < -0.4 is 4.90 Å². The number of fused-ring (bicyclic) bond motifs is 2. The van der Waals surface area contributed by atoms with Crippen molar-refractivity contribution in [1.82, 2.24) is 0 Å². The normalized spacial score (nSPS) is 21.4. The molecule has 0 saturated heterocycles. The zero-order valence-electron chi connectivity index (χ0n) is 25.2. The second-order valence-electron chi connectivity index (χ2n) is 12.5. The second kappa shape index (κ2) is 10.7. The third-order valence-electron chi connectivity index (χ3n) is 9.20. The molecular formula is C38H41N2S+. The first-order valence-electron chi connectivity index (χ1n) is 14.8. The zero-order chi connectivity index (χ0) is 28.8. The number of rotatable bonds is 5. The van der Waals surface area contributed by atoms with Gasteiger partial charge in [-0.1, -0.05) is 92.4 Å². The maximum absolute atomic E-state index is 2.41. The summed E-state index contributed by atoms with van der Waals surface area (Å²) in [6.07, 6.45) is 12.9. The molecule has 3 aromatic rings. The fourth-order valence-electron chi connectivity index (χ4n) is 6.92. The molecule has 0 saturated carbocycles. The molecule has 2 nitrogen and oxygen atoms in total. The number of para-hydroxylation sites is 2. The Morgan fingerprint density at radius 2 is 1.44 bits per heavy atom. The molecule has 41 heavy (non-hydrogen) atoms. The van der Waals surface area contributed by atoms with E-state index < -0.39 is 0 Å². The van der Waals surface area contributed by atoms with E-state index in [1.807, 2.05) is 11.8 Å². The van der Waals surface area contributed by atoms with Crippen LogP contribution >= 0.6 is 11.8 Å². The first-order chi connectivity index (χ1) is 19.7. The van der Waals surface area contributed by atoms with Gasteiger partial charge in [0, 0.05) is 51.4 Å². The van der Waals surface area contributed by atoms with E-state index in [2.05, 4.69) is 154 Å². The number of allylic oxidation sites excluding steroid dienone is 7. The molecule has 0 spiro atoms. The molecule has 0 N–H and O–H groups in total. The average Bonchev–Trinajstić information content (AvgIpc) is 3.29. The minimum absolute atomic E-state index is 0.0272. The Balaban J connectivity index is 1.41. The van der Waals surface area contributed by atoms with Gasteiger partial charge in [-0.25, -0.2) is 0 Å². The standard InChI is InChI=1S/C38H41N2S/c1-37(2)30-19-10-12-21-32(30)39(5)34(37)25-23-27-15-14-16-28(36(27)41-29-17-8-7-9-18-29)24-26-35-38(3,4)31-20-11-13-22-33(31)40(35)6/h7-13,17-26H,14-16H2,1-6H3/q+1. The molecule has 208 valence electrons. The molecular weight excluding hydrogens is 516 g/mol. The van der Waals surface area contributed by atoms with Crippen molar-refractivity contribution in [3.8, 4) is 0 Å². The fraction of sp³-hybridized carbons (Fsp3) is 0.289. The van der Waals surface area contributed by atoms with Crippen molar-refractivity contribution in [1.29, 1.82) is 0 Å². The largest absolute Gasteiger partial charge is 0.347 e. The lowest BCUT2D eigenvalue weighted by atomic mass is 9.81.